The lowest BCUT2D eigenvalue weighted by molar-refractivity contribution is -0.117. The highest BCUT2D eigenvalue weighted by Gasteiger charge is 2.18. The highest BCUT2D eigenvalue weighted by molar-refractivity contribution is 6.02. The maximum Gasteiger partial charge on any atom is 0.241 e. The highest BCUT2D eigenvalue weighted by Crippen LogP contribution is 2.22. The van der Waals surface area contributed by atoms with Gasteiger partial charge < -0.3 is 5.32 Å². The Bertz CT molecular complexity index is 886. The molecule has 0 aliphatic rings. The summed E-state index contributed by atoms with van der Waals surface area (Å²) in [4.78, 5) is 16.9. The second kappa shape index (κ2) is 7.45. The molecular weight excluding hydrogens is 310 g/mol. The molecule has 1 amide bonds. The van der Waals surface area contributed by atoms with Crippen molar-refractivity contribution in [3.63, 3.8) is 0 Å². The number of nitrogens with one attached hydrogen (secondary N) is 2. The number of rotatable bonds is 5. The molecule has 4 nitrogen and oxygen atoms in total. The van der Waals surface area contributed by atoms with E-state index in [1.54, 1.807) is 6.20 Å². The molecule has 1 aromatic heterocycles. The summed E-state index contributed by atoms with van der Waals surface area (Å²) in [5.74, 6) is -0.0585. The number of pyridine rings is 1. The van der Waals surface area contributed by atoms with Crippen molar-refractivity contribution >= 4 is 22.5 Å². The number of amides is 1. The van der Waals surface area contributed by atoms with Crippen LogP contribution in [0.5, 0.6) is 0 Å². The number of anilines is 1. The van der Waals surface area contributed by atoms with Crippen LogP contribution in [0.3, 0.4) is 0 Å². The minimum atomic E-state index is -0.318. The van der Waals surface area contributed by atoms with Crippen LogP contribution in [-0.2, 0) is 4.79 Å². The second-order valence-corrected chi connectivity index (χ2v) is 6.33. The molecule has 3 aromatic rings. The standard InChI is InChI=1S/C21H23N3O/c1-14-8-4-5-9-17(14)15(2)23-16(3)21(25)24-20-12-6-11-19-18(20)10-7-13-22-19/h4-13,15-16,23H,1-3H3,(H,24,25)/t15-,16-/m0/s1. The number of benzene rings is 2. The van der Waals surface area contributed by atoms with E-state index in [9.17, 15) is 4.79 Å². The third-order valence-corrected chi connectivity index (χ3v) is 4.45. The number of carbonyl (C=O) groups excluding carboxylic acids is 1. The van der Waals surface area contributed by atoms with Crippen molar-refractivity contribution in [3.05, 3.63) is 71.9 Å². The molecule has 2 atom stereocenters. The van der Waals surface area contributed by atoms with Crippen molar-refractivity contribution in [2.24, 2.45) is 0 Å². The summed E-state index contributed by atoms with van der Waals surface area (Å²) in [6.45, 7) is 6.04. The van der Waals surface area contributed by atoms with E-state index in [2.05, 4.69) is 41.6 Å². The number of hydrogen-bond donors (Lipinski definition) is 2. The molecule has 4 heteroatoms. The second-order valence-electron chi connectivity index (χ2n) is 6.33. The Balaban J connectivity index is 1.71. The molecule has 0 radical (unpaired) electrons. The van der Waals surface area contributed by atoms with Crippen molar-refractivity contribution in [1.29, 1.82) is 0 Å². The number of nitrogens with zero attached hydrogens (tertiary/aromatic N) is 1. The molecule has 0 aliphatic heterocycles. The Morgan fingerprint density at radius 1 is 1.00 bits per heavy atom. The molecule has 25 heavy (non-hydrogen) atoms. The molecule has 0 unspecified atom stereocenters. The summed E-state index contributed by atoms with van der Waals surface area (Å²) >= 11 is 0. The normalized spacial score (nSPS) is 13.4. The molecule has 0 aliphatic carbocycles. The molecule has 1 heterocycles. The van der Waals surface area contributed by atoms with E-state index < -0.39 is 0 Å². The van der Waals surface area contributed by atoms with Crippen LogP contribution in [-0.4, -0.2) is 16.9 Å². The number of carbonyl (C=O) groups is 1. The van der Waals surface area contributed by atoms with Gasteiger partial charge in [-0.15, -0.1) is 0 Å². The molecule has 0 fully saturated rings. The Hall–Kier alpha value is -2.72. The number of fused-ring (bicyclic) bond motifs is 1. The van der Waals surface area contributed by atoms with Gasteiger partial charge >= 0.3 is 0 Å². The lowest BCUT2D eigenvalue weighted by Gasteiger charge is -2.21. The summed E-state index contributed by atoms with van der Waals surface area (Å²) in [6.07, 6.45) is 1.75. The van der Waals surface area contributed by atoms with E-state index in [1.807, 2.05) is 49.4 Å². The van der Waals surface area contributed by atoms with E-state index in [0.717, 1.165) is 16.6 Å². The van der Waals surface area contributed by atoms with Crippen LogP contribution in [0.25, 0.3) is 10.9 Å². The zero-order valence-corrected chi connectivity index (χ0v) is 14.8. The van der Waals surface area contributed by atoms with Crippen molar-refractivity contribution < 1.29 is 4.79 Å². The van der Waals surface area contributed by atoms with E-state index in [1.165, 1.54) is 11.1 Å². The molecule has 3 rings (SSSR count). The maximum absolute atomic E-state index is 12.6. The zero-order valence-electron chi connectivity index (χ0n) is 14.8. The van der Waals surface area contributed by atoms with Crippen molar-refractivity contribution in [3.8, 4) is 0 Å². The summed E-state index contributed by atoms with van der Waals surface area (Å²) in [5, 5.41) is 7.33. The van der Waals surface area contributed by atoms with Crippen LogP contribution >= 0.6 is 0 Å². The minimum Gasteiger partial charge on any atom is -0.324 e. The van der Waals surface area contributed by atoms with Gasteiger partial charge in [0.05, 0.1) is 17.2 Å². The molecular formula is C21H23N3O. The Labute approximate surface area is 148 Å². The fourth-order valence-electron chi connectivity index (χ4n) is 3.07. The maximum atomic E-state index is 12.6. The first kappa shape index (κ1) is 17.1. The quantitative estimate of drug-likeness (QED) is 0.735. The van der Waals surface area contributed by atoms with Crippen LogP contribution in [0.4, 0.5) is 5.69 Å². The monoisotopic (exact) mass is 333 g/mol. The van der Waals surface area contributed by atoms with Crippen LogP contribution in [0, 0.1) is 6.92 Å². The summed E-state index contributed by atoms with van der Waals surface area (Å²) < 4.78 is 0. The van der Waals surface area contributed by atoms with Gasteiger partial charge in [0.2, 0.25) is 5.91 Å². The largest absolute Gasteiger partial charge is 0.324 e. The third kappa shape index (κ3) is 3.86. The van der Waals surface area contributed by atoms with Crippen molar-refractivity contribution in [2.75, 3.05) is 5.32 Å². The van der Waals surface area contributed by atoms with Gasteiger partial charge in [-0.25, -0.2) is 0 Å². The number of aryl methyl sites for hydroxylation is 1. The van der Waals surface area contributed by atoms with Crippen LogP contribution in [0.15, 0.2) is 60.8 Å². The smallest absolute Gasteiger partial charge is 0.241 e. The summed E-state index contributed by atoms with van der Waals surface area (Å²) in [5.41, 5.74) is 4.08. The Kier molecular flexibility index (Phi) is 5.10. The molecule has 0 bridgehead atoms. The van der Waals surface area contributed by atoms with Gasteiger partial charge in [0.1, 0.15) is 0 Å². The van der Waals surface area contributed by atoms with Crippen LogP contribution < -0.4 is 10.6 Å². The number of hydrogen-bond acceptors (Lipinski definition) is 3. The van der Waals surface area contributed by atoms with E-state index in [-0.39, 0.29) is 18.0 Å². The molecule has 2 N–H and O–H groups in total. The first-order valence-corrected chi connectivity index (χ1v) is 8.52. The molecule has 0 spiro atoms. The predicted octanol–water partition coefficient (Wildman–Crippen LogP) is 4.22. The van der Waals surface area contributed by atoms with Gasteiger partial charge in [-0.2, -0.15) is 0 Å². The molecule has 128 valence electrons. The average molecular weight is 333 g/mol. The topological polar surface area (TPSA) is 54.0 Å². The molecule has 0 saturated heterocycles. The van der Waals surface area contributed by atoms with E-state index in [0.29, 0.717) is 0 Å². The van der Waals surface area contributed by atoms with Crippen molar-refractivity contribution in [1.82, 2.24) is 10.3 Å². The fraction of sp³-hybridized carbons (Fsp3) is 0.238. The predicted molar refractivity (Wildman–Crippen MR) is 103 cm³/mol. The summed E-state index contributed by atoms with van der Waals surface area (Å²) in [7, 11) is 0. The fourth-order valence-corrected chi connectivity index (χ4v) is 3.07. The van der Waals surface area contributed by atoms with Crippen molar-refractivity contribution in [2.45, 2.75) is 32.9 Å². The van der Waals surface area contributed by atoms with Gasteiger partial charge in [-0.05, 0) is 56.2 Å². The zero-order chi connectivity index (χ0) is 17.8. The van der Waals surface area contributed by atoms with Gasteiger partial charge in [-0.1, -0.05) is 30.3 Å². The highest BCUT2D eigenvalue weighted by atomic mass is 16.2. The Morgan fingerprint density at radius 2 is 1.80 bits per heavy atom. The number of aromatic nitrogens is 1. The van der Waals surface area contributed by atoms with Gasteiger partial charge in [0.25, 0.3) is 0 Å². The lowest BCUT2D eigenvalue weighted by Crippen LogP contribution is -2.39. The van der Waals surface area contributed by atoms with E-state index in [4.69, 9.17) is 0 Å². The third-order valence-electron chi connectivity index (χ3n) is 4.45. The van der Waals surface area contributed by atoms with Crippen LogP contribution in [0.2, 0.25) is 0 Å². The summed E-state index contributed by atoms with van der Waals surface area (Å²) in [6, 6.07) is 17.6. The minimum absolute atomic E-state index is 0.0585. The lowest BCUT2D eigenvalue weighted by atomic mass is 10.0. The Morgan fingerprint density at radius 3 is 2.60 bits per heavy atom. The van der Waals surface area contributed by atoms with Gasteiger partial charge in [-0.3, -0.25) is 15.1 Å². The SMILES string of the molecule is Cc1ccccc1[C@H](C)N[C@@H](C)C(=O)Nc1cccc2ncccc12. The van der Waals surface area contributed by atoms with Gasteiger partial charge in [0, 0.05) is 17.6 Å². The molecule has 2 aromatic carbocycles. The first-order valence-electron chi connectivity index (χ1n) is 8.52. The molecule has 0 saturated carbocycles. The first-order chi connectivity index (χ1) is 12.1. The van der Waals surface area contributed by atoms with E-state index >= 15 is 0 Å². The average Bonchev–Trinajstić information content (AvgIpc) is 2.62. The van der Waals surface area contributed by atoms with Crippen LogP contribution in [0.1, 0.15) is 31.0 Å². The van der Waals surface area contributed by atoms with Gasteiger partial charge in [0.15, 0.2) is 0 Å².